The van der Waals surface area contributed by atoms with E-state index in [2.05, 4.69) is 0 Å². The van der Waals surface area contributed by atoms with Crippen molar-refractivity contribution < 1.29 is 73.1 Å². The number of halogens is 5. The first-order chi connectivity index (χ1) is 7.78. The van der Waals surface area contributed by atoms with Gasteiger partial charge < -0.3 is 12.9 Å². The Morgan fingerprint density at radius 1 is 1.28 bits per heavy atom. The molecule has 1 nitrogen and oxygen atoms in total. The minimum absolute atomic E-state index is 0. The molecular formula is C10H14BF5KN. The van der Waals surface area contributed by atoms with Gasteiger partial charge >= 0.3 is 58.4 Å². The van der Waals surface area contributed by atoms with E-state index in [-0.39, 0.29) is 89.8 Å². The molecule has 2 rings (SSSR count). The monoisotopic (exact) mass is 293 g/mol. The first-order valence-electron chi connectivity index (χ1n) is 5.79. The first kappa shape index (κ1) is 17.1. The Balaban J connectivity index is 0.00000162. The molecule has 0 bridgehead atoms. The summed E-state index contributed by atoms with van der Waals surface area (Å²) in [6, 6.07) is -0.148. The second kappa shape index (κ2) is 6.22. The summed E-state index contributed by atoms with van der Waals surface area (Å²) in [5.41, 5.74) is -0.452. The Morgan fingerprint density at radius 3 is 2.33 bits per heavy atom. The third kappa shape index (κ3) is 4.28. The minimum atomic E-state index is -4.89. The van der Waals surface area contributed by atoms with E-state index in [0.29, 0.717) is 6.42 Å². The maximum absolute atomic E-state index is 13.0. The molecule has 1 unspecified atom stereocenters. The molecule has 0 aromatic heterocycles. The number of hydrogen-bond donors (Lipinski definition) is 0. The Bertz CT molecular complexity index is 331. The molecule has 1 saturated heterocycles. The number of hydrogen-bond acceptors (Lipinski definition) is 1. The van der Waals surface area contributed by atoms with Crippen LogP contribution in [0.5, 0.6) is 0 Å². The minimum Gasteiger partial charge on any atom is -0.445 e. The molecular weight excluding hydrogens is 279 g/mol. The predicted molar refractivity (Wildman–Crippen MR) is 55.9 cm³/mol. The van der Waals surface area contributed by atoms with Gasteiger partial charge in [0.1, 0.15) is 0 Å². The fourth-order valence-corrected chi connectivity index (χ4v) is 2.54. The second-order valence-corrected chi connectivity index (χ2v) is 4.86. The van der Waals surface area contributed by atoms with Gasteiger partial charge in [-0.25, -0.2) is 8.78 Å². The largest absolute Gasteiger partial charge is 1.00 e. The van der Waals surface area contributed by atoms with Gasteiger partial charge in [-0.1, -0.05) is 6.42 Å². The molecule has 98 valence electrons. The normalized spacial score (nSPS) is 28.7. The van der Waals surface area contributed by atoms with Gasteiger partial charge in [0, 0.05) is 19.0 Å². The van der Waals surface area contributed by atoms with Crippen LogP contribution in [0.4, 0.5) is 21.7 Å². The van der Waals surface area contributed by atoms with Crippen molar-refractivity contribution in [1.29, 1.82) is 0 Å². The molecule has 0 N–H and O–H groups in total. The Morgan fingerprint density at radius 2 is 1.94 bits per heavy atom. The van der Waals surface area contributed by atoms with E-state index in [4.69, 9.17) is 0 Å². The molecule has 18 heavy (non-hydrogen) atoms. The van der Waals surface area contributed by atoms with Crippen LogP contribution in [0.1, 0.15) is 25.7 Å². The Hall–Kier alpha value is 1.05. The van der Waals surface area contributed by atoms with Gasteiger partial charge in [-0.15, -0.1) is 11.5 Å². The summed E-state index contributed by atoms with van der Waals surface area (Å²) in [6.45, 7) is -4.91. The second-order valence-electron chi connectivity index (χ2n) is 4.86. The fourth-order valence-electron chi connectivity index (χ4n) is 2.54. The smallest absolute Gasteiger partial charge is 0.445 e. The van der Waals surface area contributed by atoms with Gasteiger partial charge in [-0.3, -0.25) is 4.90 Å². The molecule has 1 heterocycles. The van der Waals surface area contributed by atoms with E-state index in [9.17, 15) is 21.7 Å². The van der Waals surface area contributed by atoms with Crippen molar-refractivity contribution in [2.45, 2.75) is 37.6 Å². The van der Waals surface area contributed by atoms with Crippen molar-refractivity contribution in [1.82, 2.24) is 4.90 Å². The molecule has 1 aliphatic carbocycles. The van der Waals surface area contributed by atoms with Gasteiger partial charge in [0.25, 0.3) is 5.92 Å². The van der Waals surface area contributed by atoms with E-state index in [1.807, 2.05) is 0 Å². The molecule has 0 aromatic rings. The molecule has 0 saturated carbocycles. The van der Waals surface area contributed by atoms with Crippen LogP contribution in [0.25, 0.3) is 0 Å². The molecule has 0 amide bonds. The standard InChI is InChI=1S/C10H14BF5N.K/c12-10(13)5-6-17(7-10)9-3-1-8(2-4-9)11(14,15)16;/h1,9H,2-7H2;/q-1;+1. The third-order valence-corrected chi connectivity index (χ3v) is 3.55. The van der Waals surface area contributed by atoms with Crippen molar-refractivity contribution in [3.05, 3.63) is 11.5 Å². The number of alkyl halides is 2. The van der Waals surface area contributed by atoms with Crippen LogP contribution in [-0.4, -0.2) is 36.9 Å². The molecule has 8 heteroatoms. The quantitative estimate of drug-likeness (QED) is 0.519. The summed E-state index contributed by atoms with van der Waals surface area (Å²) in [6.07, 6.45) is 1.56. The van der Waals surface area contributed by atoms with E-state index >= 15 is 0 Å². The molecule has 2 aliphatic rings. The van der Waals surface area contributed by atoms with Gasteiger partial charge in [0.05, 0.1) is 6.54 Å². The fraction of sp³-hybridized carbons (Fsp3) is 0.800. The predicted octanol–water partition coefficient (Wildman–Crippen LogP) is 0.197. The Labute approximate surface area is 146 Å². The van der Waals surface area contributed by atoms with Gasteiger partial charge in [0.15, 0.2) is 0 Å². The SMILES string of the molecule is F[B-](F)(F)C1=CCC(N2CCC(F)(F)C2)CC1.[K+]. The molecule has 1 aliphatic heterocycles. The van der Waals surface area contributed by atoms with Crippen molar-refractivity contribution >= 4 is 6.98 Å². The summed E-state index contributed by atoms with van der Waals surface area (Å²) in [5, 5.41) is 0. The summed E-state index contributed by atoms with van der Waals surface area (Å²) >= 11 is 0. The first-order valence-corrected chi connectivity index (χ1v) is 5.79. The average Bonchev–Trinajstić information content (AvgIpc) is 2.58. The van der Waals surface area contributed by atoms with Gasteiger partial charge in [-0.2, -0.15) is 0 Å². The number of likely N-dealkylation sites (tertiary alicyclic amines) is 1. The number of allylic oxidation sites excluding steroid dienone is 1. The van der Waals surface area contributed by atoms with Crippen LogP contribution in [0, 0.1) is 0 Å². The van der Waals surface area contributed by atoms with Crippen LogP contribution < -0.4 is 51.4 Å². The van der Waals surface area contributed by atoms with Crippen molar-refractivity contribution in [3.63, 3.8) is 0 Å². The van der Waals surface area contributed by atoms with Crippen LogP contribution in [0.2, 0.25) is 0 Å². The molecule has 1 fully saturated rings. The third-order valence-electron chi connectivity index (χ3n) is 3.55. The van der Waals surface area contributed by atoms with E-state index in [0.717, 1.165) is 0 Å². The zero-order valence-electron chi connectivity index (χ0n) is 10.3. The summed E-state index contributed by atoms with van der Waals surface area (Å²) in [5.74, 6) is -2.67. The number of nitrogens with zero attached hydrogens (tertiary/aromatic N) is 1. The number of rotatable bonds is 2. The molecule has 0 spiro atoms. The van der Waals surface area contributed by atoms with Crippen molar-refractivity contribution in [3.8, 4) is 0 Å². The molecule has 0 radical (unpaired) electrons. The summed E-state index contributed by atoms with van der Waals surface area (Å²) < 4.78 is 63.3. The van der Waals surface area contributed by atoms with Gasteiger partial charge in [-0.05, 0) is 12.8 Å². The van der Waals surface area contributed by atoms with E-state index in [1.54, 1.807) is 4.90 Å². The van der Waals surface area contributed by atoms with Crippen LogP contribution in [0.3, 0.4) is 0 Å². The van der Waals surface area contributed by atoms with Crippen molar-refractivity contribution in [2.24, 2.45) is 0 Å². The average molecular weight is 293 g/mol. The van der Waals surface area contributed by atoms with Crippen LogP contribution >= 0.6 is 0 Å². The van der Waals surface area contributed by atoms with Gasteiger partial charge in [0.2, 0.25) is 0 Å². The topological polar surface area (TPSA) is 3.24 Å². The van der Waals surface area contributed by atoms with Crippen LogP contribution in [0.15, 0.2) is 11.5 Å². The summed E-state index contributed by atoms with van der Waals surface area (Å²) in [4.78, 5) is 1.62. The van der Waals surface area contributed by atoms with E-state index < -0.39 is 18.4 Å². The summed E-state index contributed by atoms with van der Waals surface area (Å²) in [7, 11) is 0. The maximum Gasteiger partial charge on any atom is 1.00 e. The zero-order valence-corrected chi connectivity index (χ0v) is 13.4. The van der Waals surface area contributed by atoms with Crippen molar-refractivity contribution in [2.75, 3.05) is 13.1 Å². The molecule has 1 atom stereocenters. The zero-order chi connectivity index (χ0) is 12.7. The van der Waals surface area contributed by atoms with E-state index in [1.165, 1.54) is 6.08 Å². The molecule has 0 aromatic carbocycles. The maximum atomic E-state index is 13.0. The van der Waals surface area contributed by atoms with Crippen LogP contribution in [-0.2, 0) is 0 Å². The Kier molecular flexibility index (Phi) is 5.91.